The minimum Gasteiger partial charge on any atom is -0.480 e. The largest absolute Gasteiger partial charge is 0.480 e. The molecule has 0 aromatic heterocycles. The van der Waals surface area contributed by atoms with Crippen molar-refractivity contribution in [2.45, 2.75) is 26.8 Å². The third kappa shape index (κ3) is 5.42. The molecule has 0 spiro atoms. The molecule has 1 aromatic rings. The van der Waals surface area contributed by atoms with Crippen molar-refractivity contribution in [1.82, 2.24) is 5.32 Å². The summed E-state index contributed by atoms with van der Waals surface area (Å²) in [4.78, 5) is 23.1. The van der Waals surface area contributed by atoms with E-state index in [-0.39, 0.29) is 11.5 Å². The van der Waals surface area contributed by atoms with Crippen LogP contribution in [-0.4, -0.2) is 23.0 Å². The molecule has 1 rings (SSSR count). The van der Waals surface area contributed by atoms with Crippen molar-refractivity contribution in [3.05, 3.63) is 40.0 Å². The van der Waals surface area contributed by atoms with Gasteiger partial charge in [-0.05, 0) is 36.6 Å². The van der Waals surface area contributed by atoms with Gasteiger partial charge in [-0.1, -0.05) is 29.8 Å². The van der Waals surface area contributed by atoms with Crippen molar-refractivity contribution in [2.75, 3.05) is 5.32 Å². The average molecular weight is 380 g/mol. The second-order valence-corrected chi connectivity index (χ2v) is 6.17. The molecule has 6 nitrogen and oxygen atoms in total. The Hall–Kier alpha value is -2.33. The minimum absolute atomic E-state index is 0.197. The van der Waals surface area contributed by atoms with Crippen molar-refractivity contribution >= 4 is 33.5 Å². The number of aryl methyl sites for hydroxylation is 1. The Morgan fingerprint density at radius 2 is 2.04 bits per heavy atom. The molecule has 0 radical (unpaired) electrons. The Labute approximate surface area is 143 Å². The van der Waals surface area contributed by atoms with Crippen LogP contribution in [0.4, 0.5) is 5.69 Å². The lowest BCUT2D eigenvalue weighted by Gasteiger charge is -2.17. The zero-order chi connectivity index (χ0) is 17.6. The zero-order valence-corrected chi connectivity index (χ0v) is 14.6. The standard InChI is InChI=1S/C16H18BrN3O3/c1-9(2)14(16(22)23)20-15(21)11(7-18)8-19-12-4-5-13(17)10(3)6-12/h4-6,8-9,14,19H,1-3H3,(H,20,21)(H,22,23)/b11-8-. The molecule has 0 aliphatic rings. The van der Waals surface area contributed by atoms with Crippen LogP contribution in [0.3, 0.4) is 0 Å². The number of rotatable bonds is 6. The van der Waals surface area contributed by atoms with Gasteiger partial charge in [0.05, 0.1) is 0 Å². The number of nitrogens with zero attached hydrogens (tertiary/aromatic N) is 1. The lowest BCUT2D eigenvalue weighted by Crippen LogP contribution is -2.44. The van der Waals surface area contributed by atoms with E-state index in [1.807, 2.05) is 19.1 Å². The number of nitrogens with one attached hydrogen (secondary N) is 2. The van der Waals surface area contributed by atoms with Crippen molar-refractivity contribution in [3.63, 3.8) is 0 Å². The van der Waals surface area contributed by atoms with Crippen LogP contribution >= 0.6 is 15.9 Å². The number of carbonyl (C=O) groups is 2. The van der Waals surface area contributed by atoms with Gasteiger partial charge in [-0.25, -0.2) is 4.79 Å². The fourth-order valence-corrected chi connectivity index (χ4v) is 2.02. The molecular weight excluding hydrogens is 362 g/mol. The first-order valence-corrected chi connectivity index (χ1v) is 7.72. The summed E-state index contributed by atoms with van der Waals surface area (Å²) in [5.41, 5.74) is 1.51. The van der Waals surface area contributed by atoms with E-state index < -0.39 is 17.9 Å². The van der Waals surface area contributed by atoms with E-state index in [1.54, 1.807) is 26.0 Å². The predicted octanol–water partition coefficient (Wildman–Crippen LogP) is 2.80. The highest BCUT2D eigenvalue weighted by molar-refractivity contribution is 9.10. The van der Waals surface area contributed by atoms with Crippen LogP contribution in [0.1, 0.15) is 19.4 Å². The summed E-state index contributed by atoms with van der Waals surface area (Å²) in [6, 6.07) is 6.20. The molecule has 0 saturated carbocycles. The average Bonchev–Trinajstić information content (AvgIpc) is 2.48. The van der Waals surface area contributed by atoms with E-state index in [9.17, 15) is 9.59 Å². The molecule has 0 heterocycles. The highest BCUT2D eigenvalue weighted by atomic mass is 79.9. The van der Waals surface area contributed by atoms with Gasteiger partial charge in [0.1, 0.15) is 17.7 Å². The number of hydrogen-bond donors (Lipinski definition) is 3. The second kappa shape index (κ2) is 8.34. The molecule has 3 N–H and O–H groups in total. The quantitative estimate of drug-likeness (QED) is 0.520. The molecule has 1 aromatic carbocycles. The van der Waals surface area contributed by atoms with Crippen LogP contribution in [0.15, 0.2) is 34.4 Å². The second-order valence-electron chi connectivity index (χ2n) is 5.31. The molecule has 0 fully saturated rings. The number of carbonyl (C=O) groups excluding carboxylic acids is 1. The summed E-state index contributed by atoms with van der Waals surface area (Å²) in [7, 11) is 0. The molecule has 7 heteroatoms. The Bertz CT molecular complexity index is 678. The molecule has 0 bridgehead atoms. The summed E-state index contributed by atoms with van der Waals surface area (Å²) >= 11 is 3.39. The lowest BCUT2D eigenvalue weighted by atomic mass is 10.0. The maximum Gasteiger partial charge on any atom is 0.326 e. The number of carboxylic acids is 1. The molecule has 23 heavy (non-hydrogen) atoms. The van der Waals surface area contributed by atoms with E-state index in [2.05, 4.69) is 26.6 Å². The van der Waals surface area contributed by atoms with E-state index in [1.165, 1.54) is 6.20 Å². The first-order chi connectivity index (χ1) is 10.8. The van der Waals surface area contributed by atoms with E-state index in [0.29, 0.717) is 5.69 Å². The maximum atomic E-state index is 12.0. The lowest BCUT2D eigenvalue weighted by molar-refractivity contribution is -0.142. The monoisotopic (exact) mass is 379 g/mol. The Morgan fingerprint density at radius 3 is 2.52 bits per heavy atom. The van der Waals surface area contributed by atoms with E-state index in [0.717, 1.165) is 10.0 Å². The Kier molecular flexibility index (Phi) is 6.79. The molecule has 1 unspecified atom stereocenters. The summed E-state index contributed by atoms with van der Waals surface area (Å²) in [5, 5.41) is 23.4. The first kappa shape index (κ1) is 18.7. The van der Waals surface area contributed by atoms with E-state index >= 15 is 0 Å². The number of anilines is 1. The Balaban J connectivity index is 2.86. The highest BCUT2D eigenvalue weighted by Crippen LogP contribution is 2.20. The minimum atomic E-state index is -1.14. The van der Waals surface area contributed by atoms with Gasteiger partial charge in [0.15, 0.2) is 0 Å². The fraction of sp³-hybridized carbons (Fsp3) is 0.312. The predicted molar refractivity (Wildman–Crippen MR) is 90.6 cm³/mol. The molecule has 0 aliphatic carbocycles. The number of aliphatic carboxylic acids is 1. The SMILES string of the molecule is Cc1cc(N/C=C(/C#N)C(=O)NC(C(=O)O)C(C)C)ccc1Br. The summed E-state index contributed by atoms with van der Waals surface area (Å²) in [6.07, 6.45) is 1.26. The highest BCUT2D eigenvalue weighted by Gasteiger charge is 2.24. The topological polar surface area (TPSA) is 102 Å². The van der Waals surface area contributed by atoms with Crippen LogP contribution in [0.25, 0.3) is 0 Å². The number of carboxylic acid groups (broad SMARTS) is 1. The van der Waals surface area contributed by atoms with Gasteiger partial charge in [-0.3, -0.25) is 4.79 Å². The van der Waals surface area contributed by atoms with E-state index in [4.69, 9.17) is 10.4 Å². The summed E-state index contributed by atoms with van der Waals surface area (Å²) in [6.45, 7) is 5.27. The van der Waals surface area contributed by atoms with Crippen molar-refractivity contribution in [3.8, 4) is 6.07 Å². The van der Waals surface area contributed by atoms with Crippen LogP contribution in [0.2, 0.25) is 0 Å². The van der Waals surface area contributed by atoms with Crippen LogP contribution in [0, 0.1) is 24.2 Å². The van der Waals surface area contributed by atoms with Crippen LogP contribution in [-0.2, 0) is 9.59 Å². The fourth-order valence-electron chi connectivity index (χ4n) is 1.77. The normalized spacial score (nSPS) is 12.4. The van der Waals surface area contributed by atoms with Crippen LogP contribution in [0.5, 0.6) is 0 Å². The Morgan fingerprint density at radius 1 is 1.39 bits per heavy atom. The third-order valence-corrected chi connectivity index (χ3v) is 4.02. The molecule has 1 amide bonds. The van der Waals surface area contributed by atoms with Gasteiger partial charge >= 0.3 is 5.97 Å². The smallest absolute Gasteiger partial charge is 0.326 e. The molecule has 122 valence electrons. The summed E-state index contributed by atoms with van der Waals surface area (Å²) in [5.74, 6) is -2.16. The van der Waals surface area contributed by atoms with Crippen LogP contribution < -0.4 is 10.6 Å². The first-order valence-electron chi connectivity index (χ1n) is 6.93. The third-order valence-electron chi connectivity index (χ3n) is 3.13. The molecular formula is C16H18BrN3O3. The van der Waals surface area contributed by atoms with Gasteiger partial charge in [-0.15, -0.1) is 0 Å². The van der Waals surface area contributed by atoms with Gasteiger partial charge < -0.3 is 15.7 Å². The number of halogens is 1. The van der Waals surface area contributed by atoms with Crippen molar-refractivity contribution in [2.24, 2.45) is 5.92 Å². The zero-order valence-electron chi connectivity index (χ0n) is 13.1. The molecule has 0 aliphatic heterocycles. The molecule has 1 atom stereocenters. The maximum absolute atomic E-state index is 12.0. The van der Waals surface area contributed by atoms with Gasteiger partial charge in [0.2, 0.25) is 0 Å². The van der Waals surface area contributed by atoms with Crippen molar-refractivity contribution in [1.29, 1.82) is 5.26 Å². The number of amides is 1. The summed E-state index contributed by atoms with van der Waals surface area (Å²) < 4.78 is 0.950. The van der Waals surface area contributed by atoms with Gasteiger partial charge in [-0.2, -0.15) is 5.26 Å². The van der Waals surface area contributed by atoms with Gasteiger partial charge in [0.25, 0.3) is 5.91 Å². The van der Waals surface area contributed by atoms with Gasteiger partial charge in [0, 0.05) is 16.4 Å². The van der Waals surface area contributed by atoms with Crippen molar-refractivity contribution < 1.29 is 14.7 Å². The number of hydrogen-bond acceptors (Lipinski definition) is 4. The molecule has 0 saturated heterocycles. The number of nitriles is 1. The number of benzene rings is 1.